The molecule has 2 amide bonds. The predicted molar refractivity (Wildman–Crippen MR) is 53.6 cm³/mol. The van der Waals surface area contributed by atoms with Gasteiger partial charge in [-0.3, -0.25) is 14.5 Å². The number of Topliss-reactive ketones (excluding diaryl/α,β-unsaturated/α-hetero) is 1. The Morgan fingerprint density at radius 1 is 1.13 bits per heavy atom. The molecule has 0 N–H and O–H groups in total. The fourth-order valence-electron chi connectivity index (χ4n) is 1.36. The Morgan fingerprint density at radius 2 is 1.73 bits per heavy atom. The summed E-state index contributed by atoms with van der Waals surface area (Å²) in [5.41, 5.74) is 0. The number of rotatable bonds is 6. The molecule has 0 bridgehead atoms. The molecule has 1 aliphatic rings. The second-order valence-corrected chi connectivity index (χ2v) is 3.52. The van der Waals surface area contributed by atoms with E-state index >= 15 is 0 Å². The molecule has 0 aromatic carbocycles. The van der Waals surface area contributed by atoms with Crippen molar-refractivity contribution in [3.8, 4) is 11.8 Å². The molecule has 0 atom stereocenters. The van der Waals surface area contributed by atoms with Crippen molar-refractivity contribution in [3.05, 3.63) is 0 Å². The maximum atomic E-state index is 11.0. The first-order chi connectivity index (χ1) is 7.11. The lowest BCUT2D eigenvalue weighted by atomic mass is 10.1. The van der Waals surface area contributed by atoms with Crippen LogP contribution in [0, 0.1) is 11.8 Å². The number of hydrogen-bond acceptors (Lipinski definition) is 3. The van der Waals surface area contributed by atoms with Gasteiger partial charge in [0.05, 0.1) is 0 Å². The summed E-state index contributed by atoms with van der Waals surface area (Å²) in [7, 11) is 0. The summed E-state index contributed by atoms with van der Waals surface area (Å²) in [6.45, 7) is 1.96. The number of amides is 2. The maximum Gasteiger partial charge on any atom is 0.306 e. The minimum Gasteiger partial charge on any atom is -0.300 e. The lowest BCUT2D eigenvalue weighted by Crippen LogP contribution is -2.31. The van der Waals surface area contributed by atoms with Crippen molar-refractivity contribution in [2.45, 2.75) is 32.6 Å². The first-order valence-corrected chi connectivity index (χ1v) is 4.98. The van der Waals surface area contributed by atoms with E-state index in [0.717, 1.165) is 24.2 Å². The normalized spacial score (nSPS) is 14.1. The Hall–Kier alpha value is -1.63. The van der Waals surface area contributed by atoms with E-state index in [4.69, 9.17) is 0 Å². The topological polar surface area (TPSA) is 54.5 Å². The molecule has 0 saturated carbocycles. The van der Waals surface area contributed by atoms with E-state index in [1.807, 2.05) is 0 Å². The van der Waals surface area contributed by atoms with Gasteiger partial charge in [-0.25, -0.2) is 0 Å². The highest BCUT2D eigenvalue weighted by molar-refractivity contribution is 6.18. The SMILES string of the molecule is CC(=O)CCCCCN1C(=O)C#CC1=O. The van der Waals surface area contributed by atoms with Crippen LogP contribution in [-0.4, -0.2) is 29.0 Å². The molecule has 0 aliphatic carbocycles. The van der Waals surface area contributed by atoms with Crippen molar-refractivity contribution in [2.24, 2.45) is 0 Å². The monoisotopic (exact) mass is 207 g/mol. The Balaban J connectivity index is 2.13. The van der Waals surface area contributed by atoms with Gasteiger partial charge in [0.25, 0.3) is 0 Å². The number of unbranched alkanes of at least 4 members (excludes halogenated alkanes) is 2. The molecule has 0 aromatic heterocycles. The summed E-state index contributed by atoms with van der Waals surface area (Å²) in [6, 6.07) is 0. The number of hydrogen-bond donors (Lipinski definition) is 0. The highest BCUT2D eigenvalue weighted by Gasteiger charge is 2.22. The molecule has 0 aromatic rings. The standard InChI is InChI=1S/C11H13NO3/c1-9(13)5-3-2-4-8-12-10(14)6-7-11(12)15/h2-5,8H2,1H3. The van der Waals surface area contributed by atoms with E-state index in [0.29, 0.717) is 13.0 Å². The Kier molecular flexibility index (Phi) is 4.04. The van der Waals surface area contributed by atoms with Gasteiger partial charge in [0.15, 0.2) is 0 Å². The van der Waals surface area contributed by atoms with Crippen molar-refractivity contribution < 1.29 is 14.4 Å². The molecule has 0 fully saturated rings. The fraction of sp³-hybridized carbons (Fsp3) is 0.545. The van der Waals surface area contributed by atoms with Gasteiger partial charge < -0.3 is 4.79 Å². The van der Waals surface area contributed by atoms with E-state index in [9.17, 15) is 14.4 Å². The van der Waals surface area contributed by atoms with Crippen LogP contribution in [0.2, 0.25) is 0 Å². The minimum absolute atomic E-state index is 0.173. The molecule has 80 valence electrons. The van der Waals surface area contributed by atoms with Crippen molar-refractivity contribution in [2.75, 3.05) is 6.54 Å². The van der Waals surface area contributed by atoms with Crippen molar-refractivity contribution in [1.82, 2.24) is 4.90 Å². The molecule has 1 rings (SSSR count). The lowest BCUT2D eigenvalue weighted by molar-refractivity contribution is -0.136. The quantitative estimate of drug-likeness (QED) is 0.362. The summed E-state index contributed by atoms with van der Waals surface area (Å²) in [6.07, 6.45) is 2.95. The summed E-state index contributed by atoms with van der Waals surface area (Å²) < 4.78 is 0. The van der Waals surface area contributed by atoms with Crippen LogP contribution in [0.1, 0.15) is 32.6 Å². The van der Waals surface area contributed by atoms with Crippen LogP contribution in [0.25, 0.3) is 0 Å². The fourth-order valence-corrected chi connectivity index (χ4v) is 1.36. The molecule has 0 unspecified atom stereocenters. The number of nitrogens with zero attached hydrogens (tertiary/aromatic N) is 1. The molecule has 4 nitrogen and oxygen atoms in total. The second kappa shape index (κ2) is 5.30. The van der Waals surface area contributed by atoms with Crippen LogP contribution < -0.4 is 0 Å². The van der Waals surface area contributed by atoms with Gasteiger partial charge in [0.1, 0.15) is 5.78 Å². The third-order valence-corrected chi connectivity index (χ3v) is 2.18. The van der Waals surface area contributed by atoms with Gasteiger partial charge in [-0.05, 0) is 19.8 Å². The van der Waals surface area contributed by atoms with Gasteiger partial charge in [-0.15, -0.1) is 0 Å². The molecule has 1 aliphatic heterocycles. The third kappa shape index (κ3) is 3.55. The van der Waals surface area contributed by atoms with Crippen molar-refractivity contribution in [1.29, 1.82) is 0 Å². The van der Waals surface area contributed by atoms with Gasteiger partial charge >= 0.3 is 11.8 Å². The second-order valence-electron chi connectivity index (χ2n) is 3.52. The maximum absolute atomic E-state index is 11.0. The molecule has 15 heavy (non-hydrogen) atoms. The summed E-state index contributed by atoms with van der Waals surface area (Å²) >= 11 is 0. The van der Waals surface area contributed by atoms with Gasteiger partial charge in [0.2, 0.25) is 0 Å². The average molecular weight is 207 g/mol. The van der Waals surface area contributed by atoms with Crippen LogP contribution in [0.3, 0.4) is 0 Å². The van der Waals surface area contributed by atoms with Crippen LogP contribution in [0.15, 0.2) is 0 Å². The Labute approximate surface area is 88.6 Å². The molecular formula is C11H13NO3. The van der Waals surface area contributed by atoms with Crippen molar-refractivity contribution >= 4 is 17.6 Å². The van der Waals surface area contributed by atoms with Crippen molar-refractivity contribution in [3.63, 3.8) is 0 Å². The smallest absolute Gasteiger partial charge is 0.300 e. The molecule has 4 heteroatoms. The van der Waals surface area contributed by atoms with E-state index in [1.54, 1.807) is 6.92 Å². The molecule has 1 heterocycles. The lowest BCUT2D eigenvalue weighted by Gasteiger charge is -2.11. The summed E-state index contributed by atoms with van der Waals surface area (Å²) in [5.74, 6) is 3.78. The third-order valence-electron chi connectivity index (χ3n) is 2.18. The summed E-state index contributed by atoms with van der Waals surface area (Å²) in [5, 5.41) is 0. The van der Waals surface area contributed by atoms with E-state index < -0.39 is 11.8 Å². The predicted octanol–water partition coefficient (Wildman–Crippen LogP) is 0.508. The largest absolute Gasteiger partial charge is 0.306 e. The zero-order valence-corrected chi connectivity index (χ0v) is 8.71. The summed E-state index contributed by atoms with van der Waals surface area (Å²) in [4.78, 5) is 33.8. The Bertz CT molecular complexity index is 329. The number of carbonyl (C=O) groups is 3. The first kappa shape index (κ1) is 11.4. The number of carbonyl (C=O) groups excluding carboxylic acids is 3. The van der Waals surface area contributed by atoms with Crippen LogP contribution in [0.5, 0.6) is 0 Å². The van der Waals surface area contributed by atoms with Crippen LogP contribution in [0.4, 0.5) is 0 Å². The molecular weight excluding hydrogens is 194 g/mol. The highest BCUT2D eigenvalue weighted by atomic mass is 16.2. The zero-order valence-electron chi connectivity index (χ0n) is 8.71. The molecule has 0 spiro atoms. The number of imide groups is 1. The van der Waals surface area contributed by atoms with Gasteiger partial charge in [0, 0.05) is 24.8 Å². The molecule has 0 radical (unpaired) electrons. The Morgan fingerprint density at radius 3 is 2.27 bits per heavy atom. The van der Waals surface area contributed by atoms with Gasteiger partial charge in [-0.2, -0.15) is 0 Å². The van der Waals surface area contributed by atoms with Crippen LogP contribution in [-0.2, 0) is 14.4 Å². The van der Waals surface area contributed by atoms with Crippen LogP contribution >= 0.6 is 0 Å². The first-order valence-electron chi connectivity index (χ1n) is 4.98. The number of ketones is 1. The van der Waals surface area contributed by atoms with E-state index in [1.165, 1.54) is 0 Å². The van der Waals surface area contributed by atoms with E-state index in [2.05, 4.69) is 11.8 Å². The molecule has 0 saturated heterocycles. The minimum atomic E-state index is -0.411. The zero-order chi connectivity index (χ0) is 11.3. The average Bonchev–Trinajstić information content (AvgIpc) is 2.47. The van der Waals surface area contributed by atoms with E-state index in [-0.39, 0.29) is 5.78 Å². The van der Waals surface area contributed by atoms with Gasteiger partial charge in [-0.1, -0.05) is 6.42 Å². The highest BCUT2D eigenvalue weighted by Crippen LogP contribution is 2.04.